The monoisotopic (exact) mass is 190 g/mol. The van der Waals surface area contributed by atoms with Gasteiger partial charge in [0, 0.05) is 5.92 Å². The molecule has 0 fully saturated rings. The maximum absolute atomic E-state index is 5.62. The first-order valence-corrected chi connectivity index (χ1v) is 4.87. The molecule has 0 spiro atoms. The summed E-state index contributed by atoms with van der Waals surface area (Å²) in [5, 5.41) is 0. The van der Waals surface area contributed by atoms with Gasteiger partial charge >= 0.3 is 0 Å². The van der Waals surface area contributed by atoms with E-state index in [9.17, 15) is 0 Å². The SMILES string of the molecule is CC(CCN)c1nc2ccccc2o1. The van der Waals surface area contributed by atoms with Crippen LogP contribution in [0.25, 0.3) is 11.1 Å². The number of nitrogens with two attached hydrogens (primary N) is 1. The van der Waals surface area contributed by atoms with Gasteiger partial charge in [0.05, 0.1) is 0 Å². The molecule has 0 radical (unpaired) electrons. The van der Waals surface area contributed by atoms with Crippen molar-refractivity contribution in [2.75, 3.05) is 6.54 Å². The van der Waals surface area contributed by atoms with Crippen LogP contribution >= 0.6 is 0 Å². The summed E-state index contributed by atoms with van der Waals surface area (Å²) in [5.74, 6) is 1.09. The summed E-state index contributed by atoms with van der Waals surface area (Å²) in [5.41, 5.74) is 7.27. The van der Waals surface area contributed by atoms with Crippen LogP contribution in [0.5, 0.6) is 0 Å². The van der Waals surface area contributed by atoms with Crippen molar-refractivity contribution in [2.24, 2.45) is 5.73 Å². The van der Waals surface area contributed by atoms with Crippen LogP contribution in [0.3, 0.4) is 0 Å². The molecule has 0 bridgehead atoms. The van der Waals surface area contributed by atoms with E-state index in [2.05, 4.69) is 11.9 Å². The number of nitrogens with zero attached hydrogens (tertiary/aromatic N) is 1. The van der Waals surface area contributed by atoms with E-state index in [1.54, 1.807) is 0 Å². The van der Waals surface area contributed by atoms with Crippen molar-refractivity contribution in [2.45, 2.75) is 19.3 Å². The van der Waals surface area contributed by atoms with Gasteiger partial charge in [-0.25, -0.2) is 4.98 Å². The van der Waals surface area contributed by atoms with Gasteiger partial charge in [0.15, 0.2) is 11.5 Å². The van der Waals surface area contributed by atoms with E-state index in [-0.39, 0.29) is 0 Å². The maximum Gasteiger partial charge on any atom is 0.198 e. The van der Waals surface area contributed by atoms with Gasteiger partial charge in [-0.3, -0.25) is 0 Å². The molecule has 1 atom stereocenters. The van der Waals surface area contributed by atoms with E-state index in [0.717, 1.165) is 23.4 Å². The Bertz CT molecular complexity index is 389. The van der Waals surface area contributed by atoms with E-state index in [4.69, 9.17) is 10.2 Å². The molecule has 0 aliphatic carbocycles. The molecule has 1 heterocycles. The predicted molar refractivity (Wildman–Crippen MR) is 56.1 cm³/mol. The first-order chi connectivity index (χ1) is 6.81. The number of benzene rings is 1. The van der Waals surface area contributed by atoms with Crippen molar-refractivity contribution in [1.29, 1.82) is 0 Å². The summed E-state index contributed by atoms with van der Waals surface area (Å²) in [6.07, 6.45) is 0.910. The molecule has 0 saturated heterocycles. The molecule has 2 aromatic rings. The molecule has 74 valence electrons. The zero-order chi connectivity index (χ0) is 9.97. The maximum atomic E-state index is 5.62. The Morgan fingerprint density at radius 1 is 1.43 bits per heavy atom. The Labute approximate surface area is 82.9 Å². The van der Waals surface area contributed by atoms with E-state index in [0.29, 0.717) is 12.5 Å². The molecular formula is C11H14N2O. The lowest BCUT2D eigenvalue weighted by Crippen LogP contribution is -2.04. The Hall–Kier alpha value is -1.35. The fraction of sp³-hybridized carbons (Fsp3) is 0.364. The number of hydrogen-bond acceptors (Lipinski definition) is 3. The molecule has 1 aromatic heterocycles. The van der Waals surface area contributed by atoms with Gasteiger partial charge in [-0.1, -0.05) is 19.1 Å². The molecule has 0 aliphatic rings. The van der Waals surface area contributed by atoms with Crippen molar-refractivity contribution >= 4 is 11.1 Å². The average Bonchev–Trinajstić information content (AvgIpc) is 2.61. The molecule has 0 amide bonds. The first kappa shape index (κ1) is 9.21. The second-order valence-corrected chi connectivity index (χ2v) is 3.50. The zero-order valence-corrected chi connectivity index (χ0v) is 8.23. The van der Waals surface area contributed by atoms with Crippen molar-refractivity contribution in [3.63, 3.8) is 0 Å². The second kappa shape index (κ2) is 3.80. The van der Waals surface area contributed by atoms with Crippen LogP contribution in [0, 0.1) is 0 Å². The van der Waals surface area contributed by atoms with Gasteiger partial charge in [-0.15, -0.1) is 0 Å². The number of hydrogen-bond donors (Lipinski definition) is 1. The fourth-order valence-electron chi connectivity index (χ4n) is 1.47. The molecule has 1 unspecified atom stereocenters. The number of rotatable bonds is 3. The summed E-state index contributed by atoms with van der Waals surface area (Å²) in [6.45, 7) is 2.75. The van der Waals surface area contributed by atoms with Crippen molar-refractivity contribution in [3.05, 3.63) is 30.2 Å². The van der Waals surface area contributed by atoms with Gasteiger partial charge < -0.3 is 10.2 Å². The third-order valence-corrected chi connectivity index (χ3v) is 2.33. The van der Waals surface area contributed by atoms with Gasteiger partial charge in [-0.2, -0.15) is 0 Å². The quantitative estimate of drug-likeness (QED) is 0.807. The van der Waals surface area contributed by atoms with E-state index < -0.39 is 0 Å². The number of fused-ring (bicyclic) bond motifs is 1. The minimum Gasteiger partial charge on any atom is -0.440 e. The Balaban J connectivity index is 2.35. The third-order valence-electron chi connectivity index (χ3n) is 2.33. The molecule has 0 saturated carbocycles. The predicted octanol–water partition coefficient (Wildman–Crippen LogP) is 2.28. The molecular weight excluding hydrogens is 176 g/mol. The topological polar surface area (TPSA) is 52.0 Å². The van der Waals surface area contributed by atoms with Gasteiger partial charge in [0.2, 0.25) is 0 Å². The molecule has 2 rings (SSSR count). The summed E-state index contributed by atoms with van der Waals surface area (Å²) in [7, 11) is 0. The van der Waals surface area contributed by atoms with Gasteiger partial charge in [-0.05, 0) is 25.1 Å². The largest absolute Gasteiger partial charge is 0.440 e. The van der Waals surface area contributed by atoms with Crippen molar-refractivity contribution < 1.29 is 4.42 Å². The highest BCUT2D eigenvalue weighted by molar-refractivity contribution is 5.72. The highest BCUT2D eigenvalue weighted by atomic mass is 16.3. The van der Waals surface area contributed by atoms with Crippen LogP contribution in [0.1, 0.15) is 25.2 Å². The minimum absolute atomic E-state index is 0.299. The molecule has 3 heteroatoms. The van der Waals surface area contributed by atoms with Crippen LogP contribution in [-0.4, -0.2) is 11.5 Å². The lowest BCUT2D eigenvalue weighted by atomic mass is 10.1. The van der Waals surface area contributed by atoms with Crippen molar-refractivity contribution in [3.8, 4) is 0 Å². The lowest BCUT2D eigenvalue weighted by molar-refractivity contribution is 0.473. The number of oxazole rings is 1. The Kier molecular flexibility index (Phi) is 2.50. The highest BCUT2D eigenvalue weighted by Gasteiger charge is 2.11. The number of para-hydroxylation sites is 2. The summed E-state index contributed by atoms with van der Waals surface area (Å²) in [4.78, 5) is 4.41. The third kappa shape index (κ3) is 1.63. The minimum atomic E-state index is 0.299. The van der Waals surface area contributed by atoms with Gasteiger partial charge in [0.25, 0.3) is 0 Å². The fourth-order valence-corrected chi connectivity index (χ4v) is 1.47. The lowest BCUT2D eigenvalue weighted by Gasteiger charge is -2.02. The summed E-state index contributed by atoms with van der Waals surface area (Å²) < 4.78 is 5.62. The van der Waals surface area contributed by atoms with Gasteiger partial charge in [0.1, 0.15) is 5.52 Å². The standard InChI is InChI=1S/C11H14N2O/c1-8(6-7-12)11-13-9-4-2-3-5-10(9)14-11/h2-5,8H,6-7,12H2,1H3. The molecule has 0 aliphatic heterocycles. The van der Waals surface area contributed by atoms with Crippen LogP contribution in [-0.2, 0) is 0 Å². The average molecular weight is 190 g/mol. The zero-order valence-electron chi connectivity index (χ0n) is 8.23. The molecule has 14 heavy (non-hydrogen) atoms. The Morgan fingerprint density at radius 3 is 2.93 bits per heavy atom. The summed E-state index contributed by atoms with van der Waals surface area (Å²) >= 11 is 0. The van der Waals surface area contributed by atoms with Crippen LogP contribution in [0.15, 0.2) is 28.7 Å². The molecule has 1 aromatic carbocycles. The Morgan fingerprint density at radius 2 is 2.21 bits per heavy atom. The normalized spacial score (nSPS) is 13.3. The van der Waals surface area contributed by atoms with E-state index in [1.165, 1.54) is 0 Å². The van der Waals surface area contributed by atoms with Crippen LogP contribution < -0.4 is 5.73 Å². The van der Waals surface area contributed by atoms with E-state index >= 15 is 0 Å². The summed E-state index contributed by atoms with van der Waals surface area (Å²) in [6, 6.07) is 7.80. The second-order valence-electron chi connectivity index (χ2n) is 3.50. The first-order valence-electron chi connectivity index (χ1n) is 4.87. The smallest absolute Gasteiger partial charge is 0.198 e. The molecule has 3 nitrogen and oxygen atoms in total. The van der Waals surface area contributed by atoms with E-state index in [1.807, 2.05) is 24.3 Å². The van der Waals surface area contributed by atoms with Crippen molar-refractivity contribution in [1.82, 2.24) is 4.98 Å². The highest BCUT2D eigenvalue weighted by Crippen LogP contribution is 2.22. The molecule has 2 N–H and O–H groups in total. The van der Waals surface area contributed by atoms with Crippen LogP contribution in [0.2, 0.25) is 0 Å². The number of aromatic nitrogens is 1. The van der Waals surface area contributed by atoms with Crippen LogP contribution in [0.4, 0.5) is 0 Å².